The van der Waals surface area contributed by atoms with Crippen LogP contribution in [0.25, 0.3) is 0 Å². The maximum Gasteiger partial charge on any atom is 0.185 e. The number of thiazole rings is 1. The van der Waals surface area contributed by atoms with Gasteiger partial charge in [0, 0.05) is 30.6 Å². The normalized spacial score (nSPS) is 16.5. The maximum atomic E-state index is 5.02. The first-order chi connectivity index (χ1) is 10.0. The van der Waals surface area contributed by atoms with Crippen LogP contribution < -0.4 is 10.2 Å². The molecule has 1 heterocycles. The molecule has 1 unspecified atom stereocenters. The zero-order valence-corrected chi connectivity index (χ0v) is 15.1. The fourth-order valence-corrected chi connectivity index (χ4v) is 3.65. The largest absolute Gasteiger partial charge is 0.348 e. The van der Waals surface area contributed by atoms with Gasteiger partial charge in [0.25, 0.3) is 0 Å². The minimum atomic E-state index is 0.522. The third-order valence-electron chi connectivity index (χ3n) is 4.29. The third kappa shape index (κ3) is 4.68. The van der Waals surface area contributed by atoms with Crippen molar-refractivity contribution in [3.8, 4) is 0 Å². The van der Waals surface area contributed by atoms with E-state index < -0.39 is 0 Å². The molecule has 1 N–H and O–H groups in total. The van der Waals surface area contributed by atoms with Crippen LogP contribution in [0, 0.1) is 5.92 Å². The van der Waals surface area contributed by atoms with Crippen LogP contribution in [0.4, 0.5) is 5.13 Å². The Bertz CT molecular complexity index is 437. The van der Waals surface area contributed by atoms with Gasteiger partial charge < -0.3 is 10.2 Å². The second-order valence-corrected chi connectivity index (χ2v) is 7.69. The predicted octanol–water partition coefficient (Wildman–Crippen LogP) is 4.39. The zero-order valence-electron chi connectivity index (χ0n) is 14.3. The van der Waals surface area contributed by atoms with Gasteiger partial charge in [-0.3, -0.25) is 0 Å². The molecule has 1 aliphatic carbocycles. The molecule has 1 saturated carbocycles. The van der Waals surface area contributed by atoms with Crippen LogP contribution in [0.15, 0.2) is 0 Å². The lowest BCUT2D eigenvalue weighted by molar-refractivity contribution is 0.584. The highest BCUT2D eigenvalue weighted by Crippen LogP contribution is 2.35. The third-order valence-corrected chi connectivity index (χ3v) is 5.43. The number of hydrogen-bond acceptors (Lipinski definition) is 4. The average molecular weight is 310 g/mol. The molecule has 1 aliphatic rings. The Kier molecular flexibility index (Phi) is 6.06. The highest BCUT2D eigenvalue weighted by Gasteiger charge is 2.26. The van der Waals surface area contributed by atoms with Crippen LogP contribution in [0.5, 0.6) is 0 Å². The highest BCUT2D eigenvalue weighted by atomic mass is 32.1. The van der Waals surface area contributed by atoms with Crippen molar-refractivity contribution in [2.24, 2.45) is 5.92 Å². The fraction of sp³-hybridized carbons (Fsp3) is 0.824. The van der Waals surface area contributed by atoms with Crippen molar-refractivity contribution in [1.82, 2.24) is 10.3 Å². The lowest BCUT2D eigenvalue weighted by atomic mass is 10.0. The summed E-state index contributed by atoms with van der Waals surface area (Å²) in [5, 5.41) is 4.79. The molecule has 0 amide bonds. The van der Waals surface area contributed by atoms with Gasteiger partial charge >= 0.3 is 0 Å². The average Bonchev–Trinajstić information content (AvgIpc) is 3.19. The van der Waals surface area contributed by atoms with E-state index in [4.69, 9.17) is 4.98 Å². The smallest absolute Gasteiger partial charge is 0.185 e. The summed E-state index contributed by atoms with van der Waals surface area (Å²) in [7, 11) is 0. The van der Waals surface area contributed by atoms with Crippen molar-refractivity contribution < 1.29 is 0 Å². The zero-order chi connectivity index (χ0) is 15.4. The number of nitrogens with zero attached hydrogens (tertiary/aromatic N) is 2. The van der Waals surface area contributed by atoms with Gasteiger partial charge in [-0.25, -0.2) is 4.98 Å². The summed E-state index contributed by atoms with van der Waals surface area (Å²) < 4.78 is 0. The number of nitrogens with one attached hydrogen (secondary N) is 1. The Morgan fingerprint density at radius 1 is 1.29 bits per heavy atom. The summed E-state index contributed by atoms with van der Waals surface area (Å²) in [6, 6.07) is 0.522. The molecule has 2 rings (SSSR count). The van der Waals surface area contributed by atoms with Crippen LogP contribution in [0.2, 0.25) is 0 Å². The minimum Gasteiger partial charge on any atom is -0.348 e. The van der Waals surface area contributed by atoms with Gasteiger partial charge in [-0.2, -0.15) is 0 Å². The lowest BCUT2D eigenvalue weighted by Gasteiger charge is -2.19. The molecule has 0 aromatic carbocycles. The molecule has 1 fully saturated rings. The molecule has 120 valence electrons. The van der Waals surface area contributed by atoms with E-state index in [1.165, 1.54) is 35.1 Å². The number of aromatic nitrogens is 1. The SMILES string of the molecule is CCC(C)c1nc(N(CC)CC2CC2)sc1CNC(C)C. The number of hydrogen-bond donors (Lipinski definition) is 1. The Labute approximate surface area is 134 Å². The van der Waals surface area contributed by atoms with Crippen LogP contribution in [-0.2, 0) is 6.54 Å². The molecule has 1 aromatic heterocycles. The lowest BCUT2D eigenvalue weighted by Crippen LogP contribution is -2.25. The van der Waals surface area contributed by atoms with Crippen LogP contribution in [0.3, 0.4) is 0 Å². The van der Waals surface area contributed by atoms with Crippen molar-refractivity contribution in [2.45, 2.75) is 72.4 Å². The van der Waals surface area contributed by atoms with E-state index >= 15 is 0 Å². The Morgan fingerprint density at radius 3 is 2.52 bits per heavy atom. The van der Waals surface area contributed by atoms with Crippen molar-refractivity contribution >= 4 is 16.5 Å². The van der Waals surface area contributed by atoms with Crippen LogP contribution in [0.1, 0.15) is 70.4 Å². The summed E-state index contributed by atoms with van der Waals surface area (Å²) in [6.45, 7) is 14.4. The van der Waals surface area contributed by atoms with Gasteiger partial charge in [0.2, 0.25) is 0 Å². The molecule has 0 spiro atoms. The first-order valence-electron chi connectivity index (χ1n) is 8.53. The second kappa shape index (κ2) is 7.59. The second-order valence-electron chi connectivity index (χ2n) is 6.63. The molecule has 4 heteroatoms. The van der Waals surface area contributed by atoms with Gasteiger partial charge in [-0.15, -0.1) is 11.3 Å². The molecular weight excluding hydrogens is 278 g/mol. The van der Waals surface area contributed by atoms with Crippen molar-refractivity contribution in [2.75, 3.05) is 18.0 Å². The summed E-state index contributed by atoms with van der Waals surface area (Å²) >= 11 is 1.90. The van der Waals surface area contributed by atoms with Crippen LogP contribution in [-0.4, -0.2) is 24.1 Å². The summed E-state index contributed by atoms with van der Waals surface area (Å²) in [5.41, 5.74) is 1.32. The van der Waals surface area contributed by atoms with E-state index in [1.807, 2.05) is 11.3 Å². The quantitative estimate of drug-likeness (QED) is 0.733. The summed E-state index contributed by atoms with van der Waals surface area (Å²) in [4.78, 5) is 8.93. The van der Waals surface area contributed by atoms with Crippen molar-refractivity contribution in [3.63, 3.8) is 0 Å². The number of anilines is 1. The first-order valence-corrected chi connectivity index (χ1v) is 9.34. The van der Waals surface area contributed by atoms with Gasteiger partial charge in [-0.1, -0.05) is 27.7 Å². The van der Waals surface area contributed by atoms with E-state index in [2.05, 4.69) is 44.8 Å². The molecule has 21 heavy (non-hydrogen) atoms. The molecule has 1 aromatic rings. The topological polar surface area (TPSA) is 28.2 Å². The van der Waals surface area contributed by atoms with Crippen LogP contribution >= 0.6 is 11.3 Å². The van der Waals surface area contributed by atoms with E-state index in [-0.39, 0.29) is 0 Å². The summed E-state index contributed by atoms with van der Waals surface area (Å²) in [5.74, 6) is 1.47. The van der Waals surface area contributed by atoms with Crippen molar-refractivity contribution in [1.29, 1.82) is 0 Å². The van der Waals surface area contributed by atoms with E-state index in [0.717, 1.165) is 25.4 Å². The van der Waals surface area contributed by atoms with Gasteiger partial charge in [0.1, 0.15) is 0 Å². The molecule has 0 bridgehead atoms. The van der Waals surface area contributed by atoms with Crippen molar-refractivity contribution in [3.05, 3.63) is 10.6 Å². The monoisotopic (exact) mass is 309 g/mol. The maximum absolute atomic E-state index is 5.02. The van der Waals surface area contributed by atoms with E-state index in [0.29, 0.717) is 12.0 Å². The standard InChI is InChI=1S/C17H31N3S/c1-6-13(5)16-15(10-18-12(3)4)21-17(19-16)20(7-2)11-14-8-9-14/h12-14,18H,6-11H2,1-5H3. The molecular formula is C17H31N3S. The Balaban J connectivity index is 2.16. The minimum absolute atomic E-state index is 0.522. The highest BCUT2D eigenvalue weighted by molar-refractivity contribution is 7.15. The van der Waals surface area contributed by atoms with E-state index in [9.17, 15) is 0 Å². The Hall–Kier alpha value is -0.610. The first kappa shape index (κ1) is 16.8. The van der Waals surface area contributed by atoms with Gasteiger partial charge in [0.05, 0.1) is 5.69 Å². The molecule has 0 aliphatic heterocycles. The Morgan fingerprint density at radius 2 is 2.00 bits per heavy atom. The van der Waals surface area contributed by atoms with E-state index in [1.54, 1.807) is 0 Å². The molecule has 3 nitrogen and oxygen atoms in total. The molecule has 1 atom stereocenters. The molecule has 0 saturated heterocycles. The summed E-state index contributed by atoms with van der Waals surface area (Å²) in [6.07, 6.45) is 3.97. The predicted molar refractivity (Wildman–Crippen MR) is 93.4 cm³/mol. The fourth-order valence-electron chi connectivity index (χ4n) is 2.44. The number of rotatable bonds is 9. The van der Waals surface area contributed by atoms with Gasteiger partial charge in [-0.05, 0) is 38.0 Å². The molecule has 0 radical (unpaired) electrons. The van der Waals surface area contributed by atoms with Gasteiger partial charge in [0.15, 0.2) is 5.13 Å².